The smallest absolute Gasteiger partial charge is 0.243 e. The molecular formula is C14H19NO4S. The third kappa shape index (κ3) is 3.08. The average Bonchev–Trinajstić information content (AvgIpc) is 2.46. The van der Waals surface area contributed by atoms with Crippen molar-refractivity contribution in [2.24, 2.45) is 0 Å². The molecule has 5 nitrogen and oxygen atoms in total. The second-order valence-corrected chi connectivity index (χ2v) is 6.79. The zero-order valence-corrected chi connectivity index (χ0v) is 12.5. The van der Waals surface area contributed by atoms with Crippen molar-refractivity contribution < 1.29 is 17.9 Å². The standard InChI is InChI=1S/C14H19NO4S/c1-3-14(16)12-5-4-6-13(9-12)20(17,18)15-7-8-19-11(2)10-15/h4-6,9,11H,3,7-8,10H2,1-2H3. The van der Waals surface area contributed by atoms with Crippen LogP contribution in [0.3, 0.4) is 0 Å². The summed E-state index contributed by atoms with van der Waals surface area (Å²) < 4.78 is 31.9. The van der Waals surface area contributed by atoms with Gasteiger partial charge in [0, 0.05) is 25.1 Å². The maximum atomic E-state index is 12.6. The first-order valence-corrected chi connectivity index (χ1v) is 8.14. The maximum Gasteiger partial charge on any atom is 0.243 e. The van der Waals surface area contributed by atoms with Crippen molar-refractivity contribution in [1.82, 2.24) is 4.31 Å². The number of morpholine rings is 1. The minimum Gasteiger partial charge on any atom is -0.376 e. The van der Waals surface area contributed by atoms with Crippen LogP contribution in [0.15, 0.2) is 29.2 Å². The van der Waals surface area contributed by atoms with E-state index < -0.39 is 10.0 Å². The largest absolute Gasteiger partial charge is 0.376 e. The van der Waals surface area contributed by atoms with Crippen LogP contribution in [-0.2, 0) is 14.8 Å². The highest BCUT2D eigenvalue weighted by Crippen LogP contribution is 2.20. The normalized spacial score (nSPS) is 20.8. The lowest BCUT2D eigenvalue weighted by atomic mass is 10.1. The first-order valence-electron chi connectivity index (χ1n) is 6.70. The van der Waals surface area contributed by atoms with E-state index in [9.17, 15) is 13.2 Å². The van der Waals surface area contributed by atoms with E-state index in [0.29, 0.717) is 31.7 Å². The quantitative estimate of drug-likeness (QED) is 0.793. The van der Waals surface area contributed by atoms with Crippen molar-refractivity contribution >= 4 is 15.8 Å². The number of ether oxygens (including phenoxy) is 1. The van der Waals surface area contributed by atoms with Gasteiger partial charge < -0.3 is 4.74 Å². The summed E-state index contributed by atoms with van der Waals surface area (Å²) in [7, 11) is -3.56. The second-order valence-electron chi connectivity index (χ2n) is 4.85. The van der Waals surface area contributed by atoms with Gasteiger partial charge in [0.05, 0.1) is 17.6 Å². The molecule has 20 heavy (non-hydrogen) atoms. The summed E-state index contributed by atoms with van der Waals surface area (Å²) in [5.41, 5.74) is 0.440. The number of carbonyl (C=O) groups excluding carboxylic acids is 1. The Bertz CT molecular complexity index is 597. The number of hydrogen-bond donors (Lipinski definition) is 0. The van der Waals surface area contributed by atoms with Crippen LogP contribution in [0.1, 0.15) is 30.6 Å². The van der Waals surface area contributed by atoms with E-state index in [-0.39, 0.29) is 16.8 Å². The van der Waals surface area contributed by atoms with Gasteiger partial charge in [-0.05, 0) is 19.1 Å². The fourth-order valence-corrected chi connectivity index (χ4v) is 3.73. The number of sulfonamides is 1. The summed E-state index contributed by atoms with van der Waals surface area (Å²) in [6.45, 7) is 4.69. The molecule has 110 valence electrons. The molecular weight excluding hydrogens is 278 g/mol. The van der Waals surface area contributed by atoms with Crippen molar-refractivity contribution in [2.45, 2.75) is 31.3 Å². The van der Waals surface area contributed by atoms with E-state index in [0.717, 1.165) is 0 Å². The van der Waals surface area contributed by atoms with Crippen LogP contribution in [-0.4, -0.2) is 44.3 Å². The molecule has 1 atom stereocenters. The Balaban J connectivity index is 2.32. The Morgan fingerprint density at radius 1 is 1.45 bits per heavy atom. The molecule has 0 N–H and O–H groups in total. The number of Topliss-reactive ketones (excluding diaryl/α,β-unsaturated/α-hetero) is 1. The summed E-state index contributed by atoms with van der Waals surface area (Å²) in [5.74, 6) is -0.0580. The maximum absolute atomic E-state index is 12.6. The second kappa shape index (κ2) is 6.03. The highest BCUT2D eigenvalue weighted by molar-refractivity contribution is 7.89. The SMILES string of the molecule is CCC(=O)c1cccc(S(=O)(=O)N2CCOC(C)C2)c1. The summed E-state index contributed by atoms with van der Waals surface area (Å²) in [5, 5.41) is 0. The number of rotatable bonds is 4. The molecule has 1 aliphatic heterocycles. The van der Waals surface area contributed by atoms with Gasteiger partial charge in [-0.3, -0.25) is 4.79 Å². The number of nitrogens with zero attached hydrogens (tertiary/aromatic N) is 1. The highest BCUT2D eigenvalue weighted by atomic mass is 32.2. The molecule has 6 heteroatoms. The molecule has 0 spiro atoms. The van der Waals surface area contributed by atoms with Crippen LogP contribution in [0.5, 0.6) is 0 Å². The van der Waals surface area contributed by atoms with Gasteiger partial charge in [-0.25, -0.2) is 8.42 Å². The van der Waals surface area contributed by atoms with Crippen LogP contribution in [0, 0.1) is 0 Å². The molecule has 0 amide bonds. The molecule has 1 heterocycles. The van der Waals surface area contributed by atoms with E-state index in [1.807, 2.05) is 6.92 Å². The Labute approximate surface area is 119 Å². The zero-order chi connectivity index (χ0) is 14.8. The molecule has 1 saturated heterocycles. The van der Waals surface area contributed by atoms with Crippen molar-refractivity contribution in [2.75, 3.05) is 19.7 Å². The molecule has 1 aromatic rings. The van der Waals surface area contributed by atoms with Gasteiger partial charge in [-0.1, -0.05) is 19.1 Å². The van der Waals surface area contributed by atoms with Crippen LogP contribution in [0.2, 0.25) is 0 Å². The first kappa shape index (κ1) is 15.2. The Hall–Kier alpha value is -1.24. The topological polar surface area (TPSA) is 63.7 Å². The van der Waals surface area contributed by atoms with Crippen molar-refractivity contribution in [3.8, 4) is 0 Å². The number of ketones is 1. The number of hydrogen-bond acceptors (Lipinski definition) is 4. The first-order chi connectivity index (χ1) is 9.45. The van der Waals surface area contributed by atoms with Gasteiger partial charge in [0.15, 0.2) is 5.78 Å². The van der Waals surface area contributed by atoms with E-state index in [1.165, 1.54) is 16.4 Å². The van der Waals surface area contributed by atoms with Gasteiger partial charge in [-0.2, -0.15) is 4.31 Å². The molecule has 0 bridgehead atoms. The summed E-state index contributed by atoms with van der Waals surface area (Å²) in [6, 6.07) is 6.25. The van der Waals surface area contributed by atoms with Crippen molar-refractivity contribution in [3.63, 3.8) is 0 Å². The lowest BCUT2D eigenvalue weighted by Crippen LogP contribution is -2.44. The molecule has 0 aliphatic carbocycles. The van der Waals surface area contributed by atoms with Gasteiger partial charge in [-0.15, -0.1) is 0 Å². The summed E-state index contributed by atoms with van der Waals surface area (Å²) in [4.78, 5) is 11.9. The Morgan fingerprint density at radius 3 is 2.85 bits per heavy atom. The Kier molecular flexibility index (Phi) is 4.57. The van der Waals surface area contributed by atoms with Crippen LogP contribution < -0.4 is 0 Å². The predicted molar refractivity (Wildman–Crippen MR) is 75.2 cm³/mol. The third-order valence-electron chi connectivity index (χ3n) is 3.32. The van der Waals surface area contributed by atoms with Crippen LogP contribution in [0.4, 0.5) is 0 Å². The van der Waals surface area contributed by atoms with Gasteiger partial charge in [0.25, 0.3) is 0 Å². The number of benzene rings is 1. The van der Waals surface area contributed by atoms with E-state index in [2.05, 4.69) is 0 Å². The molecule has 0 aromatic heterocycles. The summed E-state index contributed by atoms with van der Waals surface area (Å²) >= 11 is 0. The average molecular weight is 297 g/mol. The van der Waals surface area contributed by atoms with Crippen molar-refractivity contribution in [3.05, 3.63) is 29.8 Å². The van der Waals surface area contributed by atoms with Gasteiger partial charge in [0.1, 0.15) is 0 Å². The van der Waals surface area contributed by atoms with E-state index >= 15 is 0 Å². The molecule has 1 fully saturated rings. The van der Waals surface area contributed by atoms with E-state index in [1.54, 1.807) is 19.1 Å². The predicted octanol–water partition coefficient (Wildman–Crippen LogP) is 1.69. The van der Waals surface area contributed by atoms with E-state index in [4.69, 9.17) is 4.74 Å². The minimum absolute atomic E-state index is 0.0580. The molecule has 0 radical (unpaired) electrons. The molecule has 2 rings (SSSR count). The minimum atomic E-state index is -3.56. The van der Waals surface area contributed by atoms with Gasteiger partial charge >= 0.3 is 0 Å². The third-order valence-corrected chi connectivity index (χ3v) is 5.18. The summed E-state index contributed by atoms with van der Waals surface area (Å²) in [6.07, 6.45) is 0.247. The monoisotopic (exact) mass is 297 g/mol. The lowest BCUT2D eigenvalue weighted by Gasteiger charge is -2.30. The zero-order valence-electron chi connectivity index (χ0n) is 11.7. The highest BCUT2D eigenvalue weighted by Gasteiger charge is 2.29. The lowest BCUT2D eigenvalue weighted by molar-refractivity contribution is 0.0102. The van der Waals surface area contributed by atoms with Crippen LogP contribution in [0.25, 0.3) is 0 Å². The van der Waals surface area contributed by atoms with Gasteiger partial charge in [0.2, 0.25) is 10.0 Å². The molecule has 1 unspecified atom stereocenters. The Morgan fingerprint density at radius 2 is 2.20 bits per heavy atom. The molecule has 1 aromatic carbocycles. The van der Waals surface area contributed by atoms with Crippen LogP contribution >= 0.6 is 0 Å². The fraction of sp³-hybridized carbons (Fsp3) is 0.500. The number of carbonyl (C=O) groups is 1. The molecule has 0 saturated carbocycles. The fourth-order valence-electron chi connectivity index (χ4n) is 2.19. The van der Waals surface area contributed by atoms with Crippen molar-refractivity contribution in [1.29, 1.82) is 0 Å². The molecule has 1 aliphatic rings.